The molecule has 3 aromatic rings. The first kappa shape index (κ1) is 20.5. The number of methoxy groups -OCH3 is 1. The van der Waals surface area contributed by atoms with Crippen molar-refractivity contribution in [2.45, 2.75) is 19.3 Å². The van der Waals surface area contributed by atoms with E-state index in [0.29, 0.717) is 37.2 Å². The van der Waals surface area contributed by atoms with Crippen LogP contribution in [0.4, 0.5) is 15.1 Å². The normalized spacial score (nSPS) is 17.2. The van der Waals surface area contributed by atoms with Crippen LogP contribution >= 0.6 is 22.7 Å². The average Bonchev–Trinajstić information content (AvgIpc) is 3.47. The van der Waals surface area contributed by atoms with Crippen molar-refractivity contribution in [3.63, 3.8) is 0 Å². The number of benzene rings is 1. The number of morpholine rings is 1. The third-order valence-electron chi connectivity index (χ3n) is 5.63. The Morgan fingerprint density at radius 3 is 2.71 bits per heavy atom. The third-order valence-corrected chi connectivity index (χ3v) is 7.54. The molecule has 2 aromatic heterocycles. The third kappa shape index (κ3) is 4.19. The average molecular weight is 460 g/mol. The highest BCUT2D eigenvalue weighted by Gasteiger charge is 2.21. The van der Waals surface area contributed by atoms with Crippen LogP contribution in [0.2, 0.25) is 0 Å². The van der Waals surface area contributed by atoms with Gasteiger partial charge in [0.1, 0.15) is 11.3 Å². The number of hydrogen-bond donors (Lipinski definition) is 1. The molecule has 2 aliphatic heterocycles. The van der Waals surface area contributed by atoms with E-state index in [1.807, 2.05) is 12.1 Å². The number of amides is 2. The second kappa shape index (κ2) is 8.97. The smallest absolute Gasteiger partial charge is 0.323 e. The Labute approximate surface area is 188 Å². The van der Waals surface area contributed by atoms with Gasteiger partial charge < -0.3 is 19.3 Å². The Hall–Kier alpha value is -2.43. The second-order valence-electron chi connectivity index (χ2n) is 7.60. The van der Waals surface area contributed by atoms with Gasteiger partial charge in [-0.05, 0) is 31.4 Å². The van der Waals surface area contributed by atoms with E-state index < -0.39 is 0 Å². The van der Waals surface area contributed by atoms with Gasteiger partial charge in [0.25, 0.3) is 0 Å². The maximum Gasteiger partial charge on any atom is 0.323 e. The zero-order chi connectivity index (χ0) is 21.2. The van der Waals surface area contributed by atoms with Crippen LogP contribution in [0.25, 0.3) is 21.5 Å². The van der Waals surface area contributed by atoms with Crippen LogP contribution in [0.1, 0.15) is 19.3 Å². The predicted molar refractivity (Wildman–Crippen MR) is 125 cm³/mol. The van der Waals surface area contributed by atoms with Crippen LogP contribution in [-0.4, -0.2) is 67.4 Å². The highest BCUT2D eigenvalue weighted by molar-refractivity contribution is 7.23. The van der Waals surface area contributed by atoms with Crippen LogP contribution in [-0.2, 0) is 4.74 Å². The summed E-state index contributed by atoms with van der Waals surface area (Å²) in [5.41, 5.74) is 2.70. The molecule has 0 saturated carbocycles. The van der Waals surface area contributed by atoms with E-state index in [2.05, 4.69) is 20.6 Å². The van der Waals surface area contributed by atoms with Crippen LogP contribution in [0, 0.1) is 0 Å². The minimum absolute atomic E-state index is 0.149. The second-order valence-corrected chi connectivity index (χ2v) is 9.44. The number of piperidine rings is 1. The van der Waals surface area contributed by atoms with E-state index in [9.17, 15) is 4.79 Å². The van der Waals surface area contributed by atoms with Crippen LogP contribution in [0.5, 0.6) is 5.75 Å². The van der Waals surface area contributed by atoms with Gasteiger partial charge in [-0.3, -0.25) is 5.32 Å². The first-order chi connectivity index (χ1) is 15.2. The van der Waals surface area contributed by atoms with Crippen molar-refractivity contribution in [2.24, 2.45) is 0 Å². The molecule has 0 spiro atoms. The number of carbonyl (C=O) groups is 1. The summed E-state index contributed by atoms with van der Waals surface area (Å²) >= 11 is 3.14. The lowest BCUT2D eigenvalue weighted by molar-refractivity contribution is 0.0564. The number of urea groups is 1. The predicted octanol–water partition coefficient (Wildman–Crippen LogP) is 4.28. The zero-order valence-electron chi connectivity index (χ0n) is 17.4. The molecule has 0 aliphatic carbocycles. The minimum Gasteiger partial charge on any atom is -0.494 e. The Morgan fingerprint density at radius 1 is 1.13 bits per heavy atom. The number of fused-ring (bicyclic) bond motifs is 1. The number of aromatic nitrogens is 2. The monoisotopic (exact) mass is 459 g/mol. The van der Waals surface area contributed by atoms with E-state index in [4.69, 9.17) is 14.5 Å². The number of nitrogens with one attached hydrogen (secondary N) is 1. The molecule has 164 valence electrons. The van der Waals surface area contributed by atoms with Gasteiger partial charge in [0.2, 0.25) is 0 Å². The fourth-order valence-electron chi connectivity index (χ4n) is 3.96. The molecular weight excluding hydrogens is 434 g/mol. The van der Waals surface area contributed by atoms with Gasteiger partial charge in [-0.15, -0.1) is 11.3 Å². The summed E-state index contributed by atoms with van der Waals surface area (Å²) in [6.07, 6.45) is 3.75. The van der Waals surface area contributed by atoms with Crippen molar-refractivity contribution in [1.29, 1.82) is 0 Å². The van der Waals surface area contributed by atoms with Crippen LogP contribution < -0.4 is 15.0 Å². The highest BCUT2D eigenvalue weighted by Crippen LogP contribution is 2.41. The standard InChI is InChI=1S/C21H25N5O3S2/c1-28-16-6-5-14(15-13-30-21(22-15)26-7-3-2-4-8-26)18-17(16)23-19(31-18)24-20(27)25-9-11-29-12-10-25/h5-6,13H,2-4,7-12H2,1H3,(H,23,24,27). The molecule has 1 N–H and O–H groups in total. The molecule has 2 fully saturated rings. The van der Waals surface area contributed by atoms with Crippen molar-refractivity contribution in [2.75, 3.05) is 56.7 Å². The summed E-state index contributed by atoms with van der Waals surface area (Å²) in [6, 6.07) is 3.80. The molecule has 2 amide bonds. The number of nitrogens with zero attached hydrogens (tertiary/aromatic N) is 4. The number of thiazole rings is 2. The lowest BCUT2D eigenvalue weighted by Gasteiger charge is -2.26. The molecule has 0 bridgehead atoms. The fraction of sp³-hybridized carbons (Fsp3) is 0.476. The lowest BCUT2D eigenvalue weighted by atomic mass is 10.1. The minimum atomic E-state index is -0.149. The number of carbonyl (C=O) groups excluding carboxylic acids is 1. The number of ether oxygens (including phenoxy) is 2. The first-order valence-corrected chi connectivity index (χ1v) is 12.2. The quantitative estimate of drug-likeness (QED) is 0.627. The van der Waals surface area contributed by atoms with Gasteiger partial charge in [-0.25, -0.2) is 14.8 Å². The maximum absolute atomic E-state index is 12.6. The van der Waals surface area contributed by atoms with Gasteiger partial charge in [0, 0.05) is 37.1 Å². The maximum atomic E-state index is 12.6. The number of anilines is 2. The Balaban J connectivity index is 1.45. The van der Waals surface area contributed by atoms with Crippen molar-refractivity contribution in [3.8, 4) is 17.0 Å². The molecular formula is C21H25N5O3S2. The summed E-state index contributed by atoms with van der Waals surface area (Å²) < 4.78 is 11.8. The highest BCUT2D eigenvalue weighted by atomic mass is 32.1. The molecule has 2 aliphatic rings. The summed E-state index contributed by atoms with van der Waals surface area (Å²) in [5, 5.41) is 6.69. The van der Waals surface area contributed by atoms with E-state index in [1.165, 1.54) is 30.6 Å². The van der Waals surface area contributed by atoms with Crippen molar-refractivity contribution in [3.05, 3.63) is 17.5 Å². The van der Waals surface area contributed by atoms with E-state index >= 15 is 0 Å². The zero-order valence-corrected chi connectivity index (χ0v) is 19.1. The summed E-state index contributed by atoms with van der Waals surface area (Å²) in [5.74, 6) is 0.688. The Bertz CT molecular complexity index is 1070. The summed E-state index contributed by atoms with van der Waals surface area (Å²) in [7, 11) is 1.64. The van der Waals surface area contributed by atoms with Gasteiger partial charge >= 0.3 is 6.03 Å². The molecule has 31 heavy (non-hydrogen) atoms. The molecule has 0 radical (unpaired) electrons. The molecule has 4 heterocycles. The van der Waals surface area contributed by atoms with Crippen molar-refractivity contribution >= 4 is 49.2 Å². The Morgan fingerprint density at radius 2 is 1.94 bits per heavy atom. The molecule has 10 heteroatoms. The molecule has 1 aromatic carbocycles. The van der Waals surface area contributed by atoms with Gasteiger partial charge in [-0.2, -0.15) is 0 Å². The SMILES string of the molecule is COc1ccc(-c2csc(N3CCCCC3)n2)c2sc(NC(=O)N3CCOCC3)nc12. The van der Waals surface area contributed by atoms with Gasteiger partial charge in [-0.1, -0.05) is 11.3 Å². The largest absolute Gasteiger partial charge is 0.494 e. The molecule has 8 nitrogen and oxygen atoms in total. The van der Waals surface area contributed by atoms with E-state index in [1.54, 1.807) is 23.3 Å². The van der Waals surface area contributed by atoms with Crippen LogP contribution in [0.15, 0.2) is 17.5 Å². The topological polar surface area (TPSA) is 79.8 Å². The number of rotatable bonds is 4. The van der Waals surface area contributed by atoms with Gasteiger partial charge in [0.15, 0.2) is 10.3 Å². The molecule has 0 unspecified atom stereocenters. The molecule has 5 rings (SSSR count). The fourth-order valence-corrected chi connectivity index (χ4v) is 5.83. The Kier molecular flexibility index (Phi) is 5.93. The first-order valence-electron chi connectivity index (χ1n) is 10.5. The van der Waals surface area contributed by atoms with E-state index in [0.717, 1.165) is 39.7 Å². The van der Waals surface area contributed by atoms with Crippen molar-refractivity contribution < 1.29 is 14.3 Å². The number of hydrogen-bond acceptors (Lipinski definition) is 8. The van der Waals surface area contributed by atoms with Crippen LogP contribution in [0.3, 0.4) is 0 Å². The molecule has 2 saturated heterocycles. The van der Waals surface area contributed by atoms with E-state index in [-0.39, 0.29) is 6.03 Å². The molecule has 0 atom stereocenters. The summed E-state index contributed by atoms with van der Waals surface area (Å²) in [6.45, 7) is 4.45. The summed E-state index contributed by atoms with van der Waals surface area (Å²) in [4.78, 5) is 26.3. The van der Waals surface area contributed by atoms with Gasteiger partial charge in [0.05, 0.1) is 30.7 Å². The van der Waals surface area contributed by atoms with Crippen molar-refractivity contribution in [1.82, 2.24) is 14.9 Å². The lowest BCUT2D eigenvalue weighted by Crippen LogP contribution is -2.43.